The molecule has 1 amide bonds. The molecule has 1 aliphatic heterocycles. The third-order valence-electron chi connectivity index (χ3n) is 2.92. The van der Waals surface area contributed by atoms with Crippen LogP contribution in [0.4, 0.5) is 0 Å². The van der Waals surface area contributed by atoms with E-state index in [1.54, 1.807) is 0 Å². The second-order valence-electron chi connectivity index (χ2n) is 5.75. The van der Waals surface area contributed by atoms with Gasteiger partial charge in [-0.2, -0.15) is 0 Å². The highest BCUT2D eigenvalue weighted by atomic mass is 16.2. The first-order valence-corrected chi connectivity index (χ1v) is 8.14. The number of likely N-dealkylation sites (tertiary alicyclic amines) is 1. The van der Waals surface area contributed by atoms with Gasteiger partial charge in [-0.15, -0.1) is 0 Å². The zero-order chi connectivity index (χ0) is 16.2. The third kappa shape index (κ3) is 11.2. The number of carbonyl (C=O) groups is 1. The molecule has 0 unspecified atom stereocenters. The molecule has 0 saturated carbocycles. The van der Waals surface area contributed by atoms with Crippen molar-refractivity contribution in [3.05, 3.63) is 0 Å². The van der Waals surface area contributed by atoms with Gasteiger partial charge in [-0.3, -0.25) is 9.69 Å². The number of rotatable bonds is 3. The molecule has 0 aromatic carbocycles. The average Bonchev–Trinajstić information content (AvgIpc) is 2.42. The number of nitrogens with zero attached hydrogens (tertiary/aromatic N) is 1. The third-order valence-corrected chi connectivity index (χ3v) is 2.92. The summed E-state index contributed by atoms with van der Waals surface area (Å²) in [5.74, 6) is 0.778. The van der Waals surface area contributed by atoms with Gasteiger partial charge in [0.1, 0.15) is 0 Å². The van der Waals surface area contributed by atoms with Gasteiger partial charge < -0.3 is 11.1 Å². The Bertz CT molecular complexity index is 228. The maximum absolute atomic E-state index is 11.7. The van der Waals surface area contributed by atoms with E-state index in [4.69, 9.17) is 5.73 Å². The van der Waals surface area contributed by atoms with Crippen molar-refractivity contribution in [2.45, 2.75) is 66.8 Å². The lowest BCUT2D eigenvalue weighted by molar-refractivity contribution is -0.124. The SMILES string of the molecule is CC.CC.CC(C)(C)NC(=O)CN1CCC(CN)CC1. The first-order chi connectivity index (χ1) is 9.40. The summed E-state index contributed by atoms with van der Waals surface area (Å²) in [6.45, 7) is 17.3. The van der Waals surface area contributed by atoms with Crippen LogP contribution in [0.2, 0.25) is 0 Å². The van der Waals surface area contributed by atoms with Crippen molar-refractivity contribution in [1.82, 2.24) is 10.2 Å². The summed E-state index contributed by atoms with van der Waals surface area (Å²) in [5.41, 5.74) is 5.50. The van der Waals surface area contributed by atoms with Crippen molar-refractivity contribution in [3.8, 4) is 0 Å². The quantitative estimate of drug-likeness (QED) is 0.839. The first kappa shape index (κ1) is 21.7. The molecule has 0 aromatic heterocycles. The van der Waals surface area contributed by atoms with E-state index in [9.17, 15) is 4.79 Å². The van der Waals surface area contributed by atoms with Crippen molar-refractivity contribution >= 4 is 5.91 Å². The van der Waals surface area contributed by atoms with Crippen molar-refractivity contribution in [3.63, 3.8) is 0 Å². The number of piperidine rings is 1. The fraction of sp³-hybridized carbons (Fsp3) is 0.938. The van der Waals surface area contributed by atoms with Crippen molar-refractivity contribution < 1.29 is 4.79 Å². The topological polar surface area (TPSA) is 58.4 Å². The van der Waals surface area contributed by atoms with Gasteiger partial charge in [0.2, 0.25) is 5.91 Å². The standard InChI is InChI=1S/C12H25N3O.2C2H6/c1-12(2,3)14-11(16)9-15-6-4-10(8-13)5-7-15;2*1-2/h10H,4-9,13H2,1-3H3,(H,14,16);2*1-2H3. The fourth-order valence-corrected chi connectivity index (χ4v) is 2.04. The molecule has 20 heavy (non-hydrogen) atoms. The van der Waals surface area contributed by atoms with Crippen molar-refractivity contribution in [1.29, 1.82) is 0 Å². The van der Waals surface area contributed by atoms with Gasteiger partial charge in [-0.25, -0.2) is 0 Å². The molecule has 4 nitrogen and oxygen atoms in total. The minimum atomic E-state index is -0.132. The lowest BCUT2D eigenvalue weighted by Crippen LogP contribution is -2.47. The van der Waals surface area contributed by atoms with Crippen LogP contribution in [0.5, 0.6) is 0 Å². The predicted octanol–water partition coefficient (Wildman–Crippen LogP) is 2.62. The Hall–Kier alpha value is -0.610. The molecule has 0 radical (unpaired) electrons. The summed E-state index contributed by atoms with van der Waals surface area (Å²) in [5, 5.41) is 2.99. The molecule has 1 fully saturated rings. The Kier molecular flexibility index (Phi) is 13.2. The monoisotopic (exact) mass is 287 g/mol. The van der Waals surface area contributed by atoms with Crippen LogP contribution in [-0.4, -0.2) is 42.5 Å². The second kappa shape index (κ2) is 12.2. The van der Waals surface area contributed by atoms with Gasteiger partial charge in [-0.1, -0.05) is 27.7 Å². The van der Waals surface area contributed by atoms with E-state index >= 15 is 0 Å². The van der Waals surface area contributed by atoms with E-state index in [2.05, 4.69) is 10.2 Å². The molecule has 1 heterocycles. The Morgan fingerprint density at radius 3 is 1.95 bits per heavy atom. The molecule has 4 heteroatoms. The van der Waals surface area contributed by atoms with E-state index in [1.165, 1.54) is 0 Å². The average molecular weight is 287 g/mol. The van der Waals surface area contributed by atoms with Gasteiger partial charge in [0.25, 0.3) is 0 Å². The molecule has 0 aromatic rings. The molecule has 0 aliphatic carbocycles. The Morgan fingerprint density at radius 2 is 1.60 bits per heavy atom. The molecule has 0 bridgehead atoms. The van der Waals surface area contributed by atoms with Gasteiger partial charge in [0.15, 0.2) is 0 Å². The summed E-state index contributed by atoms with van der Waals surface area (Å²) < 4.78 is 0. The summed E-state index contributed by atoms with van der Waals surface area (Å²) in [6, 6.07) is 0. The smallest absolute Gasteiger partial charge is 0.234 e. The van der Waals surface area contributed by atoms with E-state index in [1.807, 2.05) is 48.5 Å². The Balaban J connectivity index is 0. The molecular formula is C16H37N3O. The molecule has 122 valence electrons. The van der Waals surface area contributed by atoms with Crippen LogP contribution in [-0.2, 0) is 4.79 Å². The van der Waals surface area contributed by atoms with E-state index in [0.29, 0.717) is 12.5 Å². The van der Waals surface area contributed by atoms with E-state index in [0.717, 1.165) is 32.5 Å². The summed E-state index contributed by atoms with van der Waals surface area (Å²) >= 11 is 0. The predicted molar refractivity (Wildman–Crippen MR) is 88.8 cm³/mol. The summed E-state index contributed by atoms with van der Waals surface area (Å²) in [6.07, 6.45) is 2.25. The minimum Gasteiger partial charge on any atom is -0.350 e. The lowest BCUT2D eigenvalue weighted by atomic mass is 9.97. The zero-order valence-electron chi connectivity index (χ0n) is 14.8. The maximum Gasteiger partial charge on any atom is 0.234 e. The molecule has 1 saturated heterocycles. The number of carbonyl (C=O) groups excluding carboxylic acids is 1. The summed E-state index contributed by atoms with van der Waals surface area (Å²) in [4.78, 5) is 13.9. The largest absolute Gasteiger partial charge is 0.350 e. The van der Waals surface area contributed by atoms with Crippen molar-refractivity contribution in [2.75, 3.05) is 26.2 Å². The number of hydrogen-bond acceptors (Lipinski definition) is 3. The van der Waals surface area contributed by atoms with Gasteiger partial charge in [0.05, 0.1) is 6.54 Å². The number of nitrogens with two attached hydrogens (primary N) is 1. The molecular weight excluding hydrogens is 250 g/mol. The van der Waals surface area contributed by atoms with E-state index in [-0.39, 0.29) is 11.4 Å². The van der Waals surface area contributed by atoms with Crippen LogP contribution in [0.1, 0.15) is 61.3 Å². The minimum absolute atomic E-state index is 0.124. The first-order valence-electron chi connectivity index (χ1n) is 8.14. The highest BCUT2D eigenvalue weighted by Crippen LogP contribution is 2.15. The van der Waals surface area contributed by atoms with Gasteiger partial charge in [0, 0.05) is 5.54 Å². The fourth-order valence-electron chi connectivity index (χ4n) is 2.04. The Labute approximate surface area is 126 Å². The van der Waals surface area contributed by atoms with Gasteiger partial charge >= 0.3 is 0 Å². The van der Waals surface area contributed by atoms with Crippen LogP contribution in [0, 0.1) is 5.92 Å². The van der Waals surface area contributed by atoms with Crippen molar-refractivity contribution in [2.24, 2.45) is 11.7 Å². The molecule has 0 spiro atoms. The van der Waals surface area contributed by atoms with Crippen LogP contribution in [0.3, 0.4) is 0 Å². The van der Waals surface area contributed by atoms with E-state index < -0.39 is 0 Å². The summed E-state index contributed by atoms with van der Waals surface area (Å²) in [7, 11) is 0. The van der Waals surface area contributed by atoms with Crippen LogP contribution in [0.15, 0.2) is 0 Å². The number of nitrogens with one attached hydrogen (secondary N) is 1. The molecule has 3 N–H and O–H groups in total. The molecule has 1 rings (SSSR count). The molecule has 0 atom stereocenters. The molecule has 1 aliphatic rings. The normalized spacial score (nSPS) is 16.4. The highest BCUT2D eigenvalue weighted by molar-refractivity contribution is 5.78. The maximum atomic E-state index is 11.7. The van der Waals surface area contributed by atoms with Crippen LogP contribution in [0.25, 0.3) is 0 Å². The zero-order valence-corrected chi connectivity index (χ0v) is 14.8. The Morgan fingerprint density at radius 1 is 1.15 bits per heavy atom. The van der Waals surface area contributed by atoms with Crippen LogP contribution < -0.4 is 11.1 Å². The van der Waals surface area contributed by atoms with Crippen LogP contribution >= 0.6 is 0 Å². The number of hydrogen-bond donors (Lipinski definition) is 2. The lowest BCUT2D eigenvalue weighted by Gasteiger charge is -2.31. The highest BCUT2D eigenvalue weighted by Gasteiger charge is 2.21. The van der Waals surface area contributed by atoms with Gasteiger partial charge in [-0.05, 0) is 59.2 Å². The second-order valence-corrected chi connectivity index (χ2v) is 5.75. The number of amides is 1.